The van der Waals surface area contributed by atoms with E-state index in [4.69, 9.17) is 10.7 Å². The minimum absolute atomic E-state index is 0.0163. The van der Waals surface area contributed by atoms with E-state index in [0.717, 1.165) is 54.3 Å². The van der Waals surface area contributed by atoms with Crippen molar-refractivity contribution in [1.29, 1.82) is 0 Å². The molecular weight excluding hydrogens is 468 g/mol. The second-order valence-corrected chi connectivity index (χ2v) is 10.8. The topological polar surface area (TPSA) is 107 Å². The zero-order chi connectivity index (χ0) is 23.5. The van der Waals surface area contributed by atoms with Gasteiger partial charge in [-0.15, -0.1) is 21.5 Å². The van der Waals surface area contributed by atoms with Crippen molar-refractivity contribution >= 4 is 40.0 Å². The SMILES string of the molecule is NC(=O)CCn1c(SCC(=O)N(Cc2ccccc2)c2nc3c(s2)CCCC3)nnc1C1CC1. The number of benzene rings is 1. The minimum Gasteiger partial charge on any atom is -0.370 e. The number of hydrogen-bond acceptors (Lipinski definition) is 7. The molecule has 2 N–H and O–H groups in total. The van der Waals surface area contributed by atoms with Crippen LogP contribution >= 0.6 is 23.1 Å². The van der Waals surface area contributed by atoms with Gasteiger partial charge >= 0.3 is 0 Å². The van der Waals surface area contributed by atoms with E-state index in [9.17, 15) is 9.59 Å². The molecule has 2 heterocycles. The number of rotatable bonds is 10. The first-order valence-corrected chi connectivity index (χ1v) is 13.6. The molecule has 0 spiro atoms. The fraction of sp³-hybridized carbons (Fsp3) is 0.458. The Morgan fingerprint density at radius 3 is 2.68 bits per heavy atom. The van der Waals surface area contributed by atoms with Crippen molar-refractivity contribution in [3.8, 4) is 0 Å². The van der Waals surface area contributed by atoms with Crippen molar-refractivity contribution in [2.75, 3.05) is 10.7 Å². The number of thioether (sulfide) groups is 1. The number of nitrogens with two attached hydrogens (primary N) is 1. The van der Waals surface area contributed by atoms with E-state index in [1.165, 1.54) is 23.1 Å². The van der Waals surface area contributed by atoms with E-state index in [1.807, 2.05) is 34.9 Å². The monoisotopic (exact) mass is 496 g/mol. The van der Waals surface area contributed by atoms with Crippen LogP contribution in [0.1, 0.15) is 60.0 Å². The predicted octanol–water partition coefficient (Wildman–Crippen LogP) is 3.69. The van der Waals surface area contributed by atoms with Crippen LogP contribution in [-0.4, -0.2) is 37.3 Å². The average molecular weight is 497 g/mol. The molecule has 0 aliphatic heterocycles. The number of carbonyl (C=O) groups excluding carboxylic acids is 2. The predicted molar refractivity (Wildman–Crippen MR) is 133 cm³/mol. The van der Waals surface area contributed by atoms with Gasteiger partial charge in [-0.3, -0.25) is 14.5 Å². The van der Waals surface area contributed by atoms with Crippen LogP contribution in [0.4, 0.5) is 5.13 Å². The van der Waals surface area contributed by atoms with Crippen LogP contribution in [0.25, 0.3) is 0 Å². The molecular formula is C24H28N6O2S2. The highest BCUT2D eigenvalue weighted by Gasteiger charge is 2.31. The lowest BCUT2D eigenvalue weighted by Gasteiger charge is -2.20. The Labute approximate surface area is 207 Å². The Balaban J connectivity index is 1.35. The maximum Gasteiger partial charge on any atom is 0.239 e. The van der Waals surface area contributed by atoms with E-state index in [1.54, 1.807) is 16.2 Å². The first kappa shape index (κ1) is 23.0. The molecule has 2 amide bonds. The van der Waals surface area contributed by atoms with E-state index < -0.39 is 0 Å². The summed E-state index contributed by atoms with van der Waals surface area (Å²) in [5.74, 6) is 1.13. The van der Waals surface area contributed by atoms with Crippen molar-refractivity contribution in [2.24, 2.45) is 5.73 Å². The van der Waals surface area contributed by atoms with Gasteiger partial charge in [-0.1, -0.05) is 42.1 Å². The Hall–Kier alpha value is -2.72. The molecule has 10 heteroatoms. The van der Waals surface area contributed by atoms with Crippen LogP contribution in [-0.2, 0) is 35.5 Å². The molecule has 8 nitrogen and oxygen atoms in total. The van der Waals surface area contributed by atoms with Gasteiger partial charge in [-0.25, -0.2) is 4.98 Å². The van der Waals surface area contributed by atoms with Crippen LogP contribution in [0.15, 0.2) is 35.5 Å². The summed E-state index contributed by atoms with van der Waals surface area (Å²) in [5.41, 5.74) is 7.58. The number of thiazole rings is 1. The van der Waals surface area contributed by atoms with Crippen LogP contribution in [0.5, 0.6) is 0 Å². The molecule has 2 aliphatic rings. The van der Waals surface area contributed by atoms with Crippen LogP contribution < -0.4 is 10.6 Å². The smallest absolute Gasteiger partial charge is 0.239 e. The number of aryl methyl sites for hydroxylation is 2. The molecule has 0 atom stereocenters. The summed E-state index contributed by atoms with van der Waals surface area (Å²) in [7, 11) is 0. The van der Waals surface area contributed by atoms with Crippen molar-refractivity contribution in [3.63, 3.8) is 0 Å². The Kier molecular flexibility index (Phi) is 6.96. The van der Waals surface area contributed by atoms with Gasteiger partial charge in [0.05, 0.1) is 18.0 Å². The van der Waals surface area contributed by atoms with Gasteiger partial charge in [-0.2, -0.15) is 0 Å². The number of nitrogens with zero attached hydrogens (tertiary/aromatic N) is 5. The van der Waals surface area contributed by atoms with Crippen molar-refractivity contribution in [2.45, 2.75) is 69.1 Å². The van der Waals surface area contributed by atoms with Gasteiger partial charge in [0.15, 0.2) is 10.3 Å². The molecule has 178 valence electrons. The van der Waals surface area contributed by atoms with Crippen molar-refractivity contribution in [3.05, 3.63) is 52.3 Å². The number of aromatic nitrogens is 4. The molecule has 1 fully saturated rings. The zero-order valence-electron chi connectivity index (χ0n) is 19.0. The highest BCUT2D eigenvalue weighted by atomic mass is 32.2. The Morgan fingerprint density at radius 2 is 1.94 bits per heavy atom. The maximum atomic E-state index is 13.5. The van der Waals surface area contributed by atoms with Gasteiger partial charge in [-0.05, 0) is 44.1 Å². The summed E-state index contributed by atoms with van der Waals surface area (Å²) >= 11 is 3.01. The number of fused-ring (bicyclic) bond motifs is 1. The first-order chi connectivity index (χ1) is 16.6. The Morgan fingerprint density at radius 1 is 1.15 bits per heavy atom. The first-order valence-electron chi connectivity index (χ1n) is 11.8. The summed E-state index contributed by atoms with van der Waals surface area (Å²) in [6.45, 7) is 0.923. The van der Waals surface area contributed by atoms with Gasteiger partial charge in [0, 0.05) is 23.8 Å². The molecule has 34 heavy (non-hydrogen) atoms. The normalized spacial score (nSPS) is 15.2. The molecule has 2 aromatic heterocycles. The van der Waals surface area contributed by atoms with Gasteiger partial charge in [0.25, 0.3) is 0 Å². The molecule has 1 saturated carbocycles. The fourth-order valence-electron chi connectivity index (χ4n) is 4.17. The third kappa shape index (κ3) is 5.33. The van der Waals surface area contributed by atoms with Crippen LogP contribution in [0, 0.1) is 0 Å². The molecule has 0 radical (unpaired) electrons. The van der Waals surface area contributed by atoms with Crippen molar-refractivity contribution in [1.82, 2.24) is 19.7 Å². The van der Waals surface area contributed by atoms with Crippen molar-refractivity contribution < 1.29 is 9.59 Å². The third-order valence-electron chi connectivity index (χ3n) is 6.14. The summed E-state index contributed by atoms with van der Waals surface area (Å²) in [5, 5.41) is 10.1. The summed E-state index contributed by atoms with van der Waals surface area (Å²) in [6.07, 6.45) is 6.76. The molecule has 0 unspecified atom stereocenters. The van der Waals surface area contributed by atoms with E-state index in [0.29, 0.717) is 24.2 Å². The molecule has 5 rings (SSSR count). The van der Waals surface area contributed by atoms with Crippen LogP contribution in [0.3, 0.4) is 0 Å². The van der Waals surface area contributed by atoms with Gasteiger partial charge in [0.2, 0.25) is 11.8 Å². The van der Waals surface area contributed by atoms with E-state index in [-0.39, 0.29) is 24.0 Å². The van der Waals surface area contributed by atoms with E-state index in [2.05, 4.69) is 10.2 Å². The minimum atomic E-state index is -0.357. The molecule has 0 saturated heterocycles. The lowest BCUT2D eigenvalue weighted by Crippen LogP contribution is -2.32. The summed E-state index contributed by atoms with van der Waals surface area (Å²) in [4.78, 5) is 32.8. The quantitative estimate of drug-likeness (QED) is 0.429. The lowest BCUT2D eigenvalue weighted by molar-refractivity contribution is -0.118. The number of primary amides is 1. The number of carbonyl (C=O) groups is 2. The second kappa shape index (κ2) is 10.3. The average Bonchev–Trinajstić information content (AvgIpc) is 3.46. The number of amides is 2. The Bertz CT molecular complexity index is 1150. The molecule has 0 bridgehead atoms. The van der Waals surface area contributed by atoms with Crippen LogP contribution in [0.2, 0.25) is 0 Å². The second-order valence-electron chi connectivity index (χ2n) is 8.81. The van der Waals surface area contributed by atoms with Gasteiger partial charge in [0.1, 0.15) is 5.82 Å². The summed E-state index contributed by atoms with van der Waals surface area (Å²) < 4.78 is 1.96. The summed E-state index contributed by atoms with van der Waals surface area (Å²) in [6, 6.07) is 10.0. The third-order valence-corrected chi connectivity index (χ3v) is 8.28. The standard InChI is InChI=1S/C24H28N6O2S2/c25-20(31)12-13-29-22(17-10-11-17)27-28-24(29)33-15-21(32)30(14-16-6-2-1-3-7-16)23-26-18-8-4-5-9-19(18)34-23/h1-3,6-7,17H,4-5,8-15H2,(H2,25,31). The molecule has 3 aromatic rings. The lowest BCUT2D eigenvalue weighted by atomic mass is 10.0. The largest absolute Gasteiger partial charge is 0.370 e. The molecule has 2 aliphatic carbocycles. The van der Waals surface area contributed by atoms with Gasteiger partial charge < -0.3 is 10.3 Å². The zero-order valence-corrected chi connectivity index (χ0v) is 20.6. The fourth-order valence-corrected chi connectivity index (χ4v) is 6.18. The number of hydrogen-bond donors (Lipinski definition) is 1. The highest BCUT2D eigenvalue weighted by molar-refractivity contribution is 7.99. The molecule has 1 aromatic carbocycles. The highest BCUT2D eigenvalue weighted by Crippen LogP contribution is 2.40. The van der Waals surface area contributed by atoms with E-state index >= 15 is 0 Å². The maximum absolute atomic E-state index is 13.5. The number of anilines is 1.